The number of para-hydroxylation sites is 1. The van der Waals surface area contributed by atoms with Gasteiger partial charge in [-0.05, 0) is 41.8 Å². The number of rotatable bonds is 6. The summed E-state index contributed by atoms with van der Waals surface area (Å²) in [6, 6.07) is 12.1. The van der Waals surface area contributed by atoms with Crippen molar-refractivity contribution in [3.63, 3.8) is 0 Å². The third-order valence-corrected chi connectivity index (χ3v) is 3.72. The molecule has 2 N–H and O–H groups in total. The highest BCUT2D eigenvalue weighted by Gasteiger charge is 2.10. The lowest BCUT2D eigenvalue weighted by atomic mass is 10.0. The molecule has 24 heavy (non-hydrogen) atoms. The normalized spacial score (nSPS) is 11.6. The third kappa shape index (κ3) is 4.37. The van der Waals surface area contributed by atoms with E-state index in [2.05, 4.69) is 6.58 Å². The minimum absolute atomic E-state index is 0.0611. The van der Waals surface area contributed by atoms with E-state index in [0.29, 0.717) is 22.6 Å². The molecule has 0 spiro atoms. The van der Waals surface area contributed by atoms with Crippen molar-refractivity contribution in [2.24, 2.45) is 0 Å². The van der Waals surface area contributed by atoms with Gasteiger partial charge in [0.2, 0.25) is 0 Å². The molecular formula is C20H17ClO3. The molecule has 0 saturated carbocycles. The van der Waals surface area contributed by atoms with Crippen LogP contribution >= 0.6 is 11.6 Å². The lowest BCUT2D eigenvalue weighted by Crippen LogP contribution is -1.93. The van der Waals surface area contributed by atoms with Crippen LogP contribution in [0.25, 0.3) is 11.8 Å². The van der Waals surface area contributed by atoms with Crippen molar-refractivity contribution in [1.29, 1.82) is 0 Å². The van der Waals surface area contributed by atoms with E-state index in [1.807, 2.05) is 6.07 Å². The zero-order chi connectivity index (χ0) is 17.5. The molecule has 4 heteroatoms. The number of aromatic hydroxyl groups is 1. The van der Waals surface area contributed by atoms with Crippen molar-refractivity contribution < 1.29 is 15.0 Å². The molecule has 0 aliphatic rings. The van der Waals surface area contributed by atoms with Gasteiger partial charge in [0, 0.05) is 11.1 Å². The summed E-state index contributed by atoms with van der Waals surface area (Å²) < 4.78 is 0. The number of carbonyl (C=O) groups is 1. The molecule has 0 radical (unpaired) electrons. The Morgan fingerprint density at radius 2 is 1.92 bits per heavy atom. The Bertz CT molecular complexity index is 819. The summed E-state index contributed by atoms with van der Waals surface area (Å²) >= 11 is 6.01. The van der Waals surface area contributed by atoms with E-state index in [-0.39, 0.29) is 17.1 Å². The fraction of sp³-hybridized carbons (Fsp3) is 0.0500. The van der Waals surface area contributed by atoms with Gasteiger partial charge in [0.1, 0.15) is 11.5 Å². The SMILES string of the molecule is C=CCc1cccc(/C(O)=C/C(=O)C=Cc2ccccc2Cl)c1O. The van der Waals surface area contributed by atoms with Crippen molar-refractivity contribution in [2.45, 2.75) is 6.42 Å². The fourth-order valence-corrected chi connectivity index (χ4v) is 2.36. The maximum absolute atomic E-state index is 12.0. The molecule has 0 bridgehead atoms. The summed E-state index contributed by atoms with van der Waals surface area (Å²) in [7, 11) is 0. The second-order valence-corrected chi connectivity index (χ2v) is 5.50. The predicted molar refractivity (Wildman–Crippen MR) is 98.1 cm³/mol. The van der Waals surface area contributed by atoms with Crippen molar-refractivity contribution >= 4 is 29.2 Å². The molecule has 2 aromatic rings. The zero-order valence-corrected chi connectivity index (χ0v) is 13.7. The molecule has 0 unspecified atom stereocenters. The first-order valence-corrected chi connectivity index (χ1v) is 7.70. The van der Waals surface area contributed by atoms with Crippen LogP contribution in [0.1, 0.15) is 16.7 Å². The fourth-order valence-electron chi connectivity index (χ4n) is 2.16. The summed E-state index contributed by atoms with van der Waals surface area (Å²) in [6.45, 7) is 3.62. The minimum Gasteiger partial charge on any atom is -0.507 e. The number of carbonyl (C=O) groups excluding carboxylic acids is 1. The second kappa shape index (κ2) is 8.18. The van der Waals surface area contributed by atoms with Gasteiger partial charge >= 0.3 is 0 Å². The third-order valence-electron chi connectivity index (χ3n) is 3.37. The Labute approximate surface area is 145 Å². The highest BCUT2D eigenvalue weighted by atomic mass is 35.5. The lowest BCUT2D eigenvalue weighted by molar-refractivity contribution is -0.110. The molecule has 0 amide bonds. The zero-order valence-electron chi connectivity index (χ0n) is 12.9. The van der Waals surface area contributed by atoms with Crippen LogP contribution in [0, 0.1) is 0 Å². The van der Waals surface area contributed by atoms with Gasteiger partial charge in [-0.15, -0.1) is 6.58 Å². The van der Waals surface area contributed by atoms with Crippen LogP contribution < -0.4 is 0 Å². The number of halogens is 1. The van der Waals surface area contributed by atoms with Crippen LogP contribution in [-0.2, 0) is 11.2 Å². The standard InChI is InChI=1S/C20H17ClO3/c1-2-6-15-8-5-9-17(20(15)24)19(23)13-16(22)12-11-14-7-3-4-10-18(14)21/h2-5,7-13,23-24H,1,6H2/b12-11?,19-13-. The van der Waals surface area contributed by atoms with Gasteiger partial charge in [-0.2, -0.15) is 0 Å². The van der Waals surface area contributed by atoms with Crippen molar-refractivity contribution in [3.05, 3.63) is 89.0 Å². The highest BCUT2D eigenvalue weighted by molar-refractivity contribution is 6.32. The summed E-state index contributed by atoms with van der Waals surface area (Å²) in [6.07, 6.45) is 6.05. The first kappa shape index (κ1) is 17.6. The van der Waals surface area contributed by atoms with Gasteiger partial charge in [0.25, 0.3) is 0 Å². The van der Waals surface area contributed by atoms with Gasteiger partial charge in [-0.1, -0.05) is 48.0 Å². The minimum atomic E-state index is -0.416. The number of phenols is 1. The Morgan fingerprint density at radius 1 is 1.17 bits per heavy atom. The topological polar surface area (TPSA) is 57.5 Å². The summed E-state index contributed by atoms with van der Waals surface area (Å²) in [5.41, 5.74) is 1.53. The van der Waals surface area contributed by atoms with E-state index >= 15 is 0 Å². The van der Waals surface area contributed by atoms with Crippen LogP contribution in [0.2, 0.25) is 5.02 Å². The Morgan fingerprint density at radius 3 is 2.62 bits per heavy atom. The molecule has 0 saturated heterocycles. The average molecular weight is 341 g/mol. The van der Waals surface area contributed by atoms with Gasteiger partial charge in [0.05, 0.1) is 5.56 Å². The maximum atomic E-state index is 12.0. The van der Waals surface area contributed by atoms with Crippen LogP contribution in [-0.4, -0.2) is 16.0 Å². The highest BCUT2D eigenvalue weighted by Crippen LogP contribution is 2.28. The number of aliphatic hydroxyl groups excluding tert-OH is 1. The summed E-state index contributed by atoms with van der Waals surface area (Å²) in [5, 5.41) is 20.8. The van der Waals surface area contributed by atoms with Crippen LogP contribution in [0.3, 0.4) is 0 Å². The molecule has 2 aromatic carbocycles. The van der Waals surface area contributed by atoms with E-state index < -0.39 is 5.78 Å². The van der Waals surface area contributed by atoms with Gasteiger partial charge in [-0.25, -0.2) is 0 Å². The molecule has 0 aliphatic heterocycles. The molecule has 0 atom stereocenters. The molecule has 0 heterocycles. The second-order valence-electron chi connectivity index (χ2n) is 5.09. The molecule has 0 aliphatic carbocycles. The van der Waals surface area contributed by atoms with Gasteiger partial charge in [-0.3, -0.25) is 4.79 Å². The van der Waals surface area contributed by atoms with E-state index in [9.17, 15) is 15.0 Å². The quantitative estimate of drug-likeness (QED) is 0.444. The average Bonchev–Trinajstić information content (AvgIpc) is 2.56. The predicted octanol–water partition coefficient (Wildman–Crippen LogP) is 4.96. The van der Waals surface area contributed by atoms with E-state index in [4.69, 9.17) is 11.6 Å². The first-order chi connectivity index (χ1) is 11.5. The molecule has 0 aromatic heterocycles. The van der Waals surface area contributed by atoms with Crippen LogP contribution in [0.15, 0.2) is 67.3 Å². The van der Waals surface area contributed by atoms with Crippen LogP contribution in [0.5, 0.6) is 5.75 Å². The number of ketones is 1. The van der Waals surface area contributed by atoms with E-state index in [1.54, 1.807) is 48.6 Å². The van der Waals surface area contributed by atoms with Gasteiger partial charge in [0.15, 0.2) is 5.78 Å². The number of hydrogen-bond acceptors (Lipinski definition) is 3. The summed E-state index contributed by atoms with van der Waals surface area (Å²) in [4.78, 5) is 12.0. The largest absolute Gasteiger partial charge is 0.507 e. The van der Waals surface area contributed by atoms with Crippen LogP contribution in [0.4, 0.5) is 0 Å². The molecule has 0 fully saturated rings. The first-order valence-electron chi connectivity index (χ1n) is 7.32. The number of aliphatic hydroxyl groups is 1. The maximum Gasteiger partial charge on any atom is 0.182 e. The monoisotopic (exact) mass is 340 g/mol. The van der Waals surface area contributed by atoms with Crippen molar-refractivity contribution in [3.8, 4) is 5.75 Å². The Kier molecular flexibility index (Phi) is 5.99. The van der Waals surface area contributed by atoms with Crippen molar-refractivity contribution in [1.82, 2.24) is 0 Å². The molecule has 2 rings (SSSR count). The number of benzene rings is 2. The number of hydrogen-bond donors (Lipinski definition) is 2. The van der Waals surface area contributed by atoms with Crippen molar-refractivity contribution in [2.75, 3.05) is 0 Å². The van der Waals surface area contributed by atoms with Gasteiger partial charge < -0.3 is 10.2 Å². The molecular weight excluding hydrogens is 324 g/mol. The Balaban J connectivity index is 2.22. The van der Waals surface area contributed by atoms with E-state index in [0.717, 1.165) is 6.08 Å². The molecule has 3 nitrogen and oxygen atoms in total. The number of phenolic OH excluding ortho intramolecular Hbond substituents is 1. The lowest BCUT2D eigenvalue weighted by Gasteiger charge is -2.07. The smallest absolute Gasteiger partial charge is 0.182 e. The summed E-state index contributed by atoms with van der Waals surface area (Å²) in [5.74, 6) is -0.776. The molecule has 122 valence electrons. The van der Waals surface area contributed by atoms with E-state index in [1.165, 1.54) is 6.08 Å². The Hall–Kier alpha value is -2.78. The number of allylic oxidation sites excluding steroid dienone is 3.